The quantitative estimate of drug-likeness (QED) is 0.207. The number of hydrogen-bond acceptors (Lipinski definition) is 8. The van der Waals surface area contributed by atoms with E-state index >= 15 is 0 Å². The highest BCUT2D eigenvalue weighted by Gasteiger charge is 2.46. The topological polar surface area (TPSA) is 108 Å². The Balaban J connectivity index is 2.31. The zero-order chi connectivity index (χ0) is 26.9. The first kappa shape index (κ1) is 29.5. The molecule has 1 fully saturated rings. The van der Waals surface area contributed by atoms with Gasteiger partial charge in [-0.25, -0.2) is 0 Å². The summed E-state index contributed by atoms with van der Waals surface area (Å²) < 4.78 is 22.0. The van der Waals surface area contributed by atoms with Crippen molar-refractivity contribution in [3.8, 4) is 0 Å². The molecule has 1 atom stereocenters. The molecule has 1 aliphatic rings. The summed E-state index contributed by atoms with van der Waals surface area (Å²) in [6.45, 7) is 11.4. The maximum Gasteiger partial charge on any atom is 0.321 e. The molecule has 0 radical (unpaired) electrons. The molecule has 0 aliphatic carbocycles. The smallest absolute Gasteiger partial charge is 0.321 e. The fourth-order valence-corrected chi connectivity index (χ4v) is 3.66. The van der Waals surface area contributed by atoms with Crippen LogP contribution in [0.3, 0.4) is 0 Å². The number of ether oxygens (including phenoxy) is 4. The van der Waals surface area contributed by atoms with Gasteiger partial charge in [-0.2, -0.15) is 0 Å². The monoisotopic (exact) mass is 505 g/mol. The lowest BCUT2D eigenvalue weighted by molar-refractivity contribution is -0.179. The summed E-state index contributed by atoms with van der Waals surface area (Å²) in [6.07, 6.45) is -0.0368. The fraction of sp³-hybridized carbons (Fsp3) is 0.630. The average molecular weight is 506 g/mol. The van der Waals surface area contributed by atoms with Crippen LogP contribution >= 0.6 is 0 Å². The molecule has 9 heteroatoms. The molecule has 1 heterocycles. The molecule has 200 valence electrons. The van der Waals surface area contributed by atoms with Gasteiger partial charge in [0.05, 0.1) is 25.7 Å². The van der Waals surface area contributed by atoms with E-state index in [1.54, 1.807) is 41.5 Å². The van der Waals surface area contributed by atoms with Crippen LogP contribution in [0.15, 0.2) is 30.3 Å². The van der Waals surface area contributed by atoms with Gasteiger partial charge in [0.1, 0.15) is 11.2 Å². The Kier molecular flexibility index (Phi) is 10.6. The molecule has 1 aliphatic heterocycles. The van der Waals surface area contributed by atoms with Gasteiger partial charge in [0, 0.05) is 19.7 Å². The van der Waals surface area contributed by atoms with Gasteiger partial charge in [-0.15, -0.1) is 0 Å². The first-order valence-electron chi connectivity index (χ1n) is 12.3. The molecule has 1 saturated heterocycles. The lowest BCUT2D eigenvalue weighted by Gasteiger charge is -2.31. The van der Waals surface area contributed by atoms with E-state index in [1.807, 2.05) is 30.3 Å². The number of benzene rings is 1. The van der Waals surface area contributed by atoms with Crippen LogP contribution in [0.2, 0.25) is 0 Å². The number of carbonyl (C=O) groups is 4. The van der Waals surface area contributed by atoms with Crippen LogP contribution in [0.5, 0.6) is 0 Å². The Hall–Kier alpha value is -2.78. The summed E-state index contributed by atoms with van der Waals surface area (Å²) >= 11 is 0. The number of amides is 1. The number of Topliss-reactive ketones (excluding diaryl/α,β-unsaturated/α-hetero) is 1. The number of hydrogen-bond donors (Lipinski definition) is 0. The summed E-state index contributed by atoms with van der Waals surface area (Å²) in [5, 5.41) is 0. The lowest BCUT2D eigenvalue weighted by Crippen LogP contribution is -2.50. The van der Waals surface area contributed by atoms with E-state index in [9.17, 15) is 19.2 Å². The molecule has 0 unspecified atom stereocenters. The Labute approximate surface area is 213 Å². The van der Waals surface area contributed by atoms with Crippen molar-refractivity contribution < 1.29 is 38.1 Å². The van der Waals surface area contributed by atoms with E-state index in [4.69, 9.17) is 18.9 Å². The summed E-state index contributed by atoms with van der Waals surface area (Å²) in [6, 6.07) is 9.45. The SMILES string of the molecule is CC(C)(C)OC(=O)C(C(=O)OC(C)(C)C)[C@@H](CCOCc1ccccc1)C(=O)C(=O)N1CCOCC1. The molecule has 0 aromatic heterocycles. The Bertz CT molecular complexity index is 867. The molecule has 0 bridgehead atoms. The molecule has 1 aromatic carbocycles. The molecule has 0 spiro atoms. The van der Waals surface area contributed by atoms with Crippen molar-refractivity contribution in [3.63, 3.8) is 0 Å². The molecule has 2 rings (SSSR count). The van der Waals surface area contributed by atoms with Gasteiger partial charge in [0.25, 0.3) is 5.91 Å². The van der Waals surface area contributed by atoms with Gasteiger partial charge >= 0.3 is 11.9 Å². The number of rotatable bonds is 10. The Morgan fingerprint density at radius 1 is 0.889 bits per heavy atom. The zero-order valence-corrected chi connectivity index (χ0v) is 22.2. The minimum absolute atomic E-state index is 0.0368. The van der Waals surface area contributed by atoms with Crippen molar-refractivity contribution in [2.75, 3.05) is 32.9 Å². The second-order valence-corrected chi connectivity index (χ2v) is 10.7. The van der Waals surface area contributed by atoms with Crippen LogP contribution in [-0.2, 0) is 44.7 Å². The second kappa shape index (κ2) is 13.0. The predicted molar refractivity (Wildman–Crippen MR) is 132 cm³/mol. The van der Waals surface area contributed by atoms with E-state index in [1.165, 1.54) is 4.90 Å². The first-order valence-corrected chi connectivity index (χ1v) is 12.3. The van der Waals surface area contributed by atoms with Crippen molar-refractivity contribution in [2.45, 2.75) is 65.8 Å². The van der Waals surface area contributed by atoms with Gasteiger partial charge in [0.2, 0.25) is 5.78 Å². The standard InChI is InChI=1S/C27H39NO8/c1-26(2,3)35-24(31)21(25(32)36-27(4,5)6)20(12-15-34-18-19-10-8-7-9-11-19)22(29)23(30)28-13-16-33-17-14-28/h7-11,20-21H,12-18H2,1-6H3/t20-/m1/s1. The van der Waals surface area contributed by atoms with E-state index in [0.29, 0.717) is 13.2 Å². The van der Waals surface area contributed by atoms with Crippen molar-refractivity contribution >= 4 is 23.6 Å². The number of morpholine rings is 1. The maximum absolute atomic E-state index is 13.5. The Morgan fingerprint density at radius 3 is 1.92 bits per heavy atom. The summed E-state index contributed by atoms with van der Waals surface area (Å²) in [7, 11) is 0. The molecule has 9 nitrogen and oxygen atoms in total. The molecule has 0 N–H and O–H groups in total. The normalized spacial score (nSPS) is 15.4. The molecular weight excluding hydrogens is 466 g/mol. The van der Waals surface area contributed by atoms with Crippen molar-refractivity contribution in [3.05, 3.63) is 35.9 Å². The lowest BCUT2D eigenvalue weighted by atomic mass is 9.84. The van der Waals surface area contributed by atoms with Crippen LogP contribution in [0, 0.1) is 11.8 Å². The minimum Gasteiger partial charge on any atom is -0.459 e. The maximum atomic E-state index is 13.5. The number of carbonyl (C=O) groups excluding carboxylic acids is 4. The summed E-state index contributed by atoms with van der Waals surface area (Å²) in [5.74, 6) is -6.34. The third kappa shape index (κ3) is 9.70. The van der Waals surface area contributed by atoms with Gasteiger partial charge < -0.3 is 23.8 Å². The van der Waals surface area contributed by atoms with E-state index in [0.717, 1.165) is 5.56 Å². The largest absolute Gasteiger partial charge is 0.459 e. The van der Waals surface area contributed by atoms with Gasteiger partial charge in [-0.3, -0.25) is 19.2 Å². The van der Waals surface area contributed by atoms with Crippen LogP contribution in [0.4, 0.5) is 0 Å². The number of nitrogens with zero attached hydrogens (tertiary/aromatic N) is 1. The third-order valence-corrected chi connectivity index (χ3v) is 5.25. The third-order valence-electron chi connectivity index (χ3n) is 5.25. The first-order chi connectivity index (χ1) is 16.8. The van der Waals surface area contributed by atoms with E-state index in [-0.39, 0.29) is 32.7 Å². The van der Waals surface area contributed by atoms with Gasteiger partial charge in [-0.1, -0.05) is 30.3 Å². The Morgan fingerprint density at radius 2 is 1.42 bits per heavy atom. The highest BCUT2D eigenvalue weighted by Crippen LogP contribution is 2.27. The average Bonchev–Trinajstić information content (AvgIpc) is 2.78. The molecular formula is C27H39NO8. The second-order valence-electron chi connectivity index (χ2n) is 10.7. The summed E-state index contributed by atoms with van der Waals surface area (Å²) in [4.78, 5) is 54.4. The van der Waals surface area contributed by atoms with Gasteiger partial charge in [-0.05, 0) is 53.5 Å². The fourth-order valence-electron chi connectivity index (χ4n) is 3.66. The predicted octanol–water partition coefficient (Wildman–Crippen LogP) is 2.94. The van der Waals surface area contributed by atoms with E-state index in [2.05, 4.69) is 0 Å². The highest BCUT2D eigenvalue weighted by molar-refractivity contribution is 6.37. The minimum atomic E-state index is -1.61. The molecule has 1 amide bonds. The van der Waals surface area contributed by atoms with Gasteiger partial charge in [0.15, 0.2) is 5.92 Å². The van der Waals surface area contributed by atoms with E-state index < -0.39 is 46.7 Å². The molecule has 1 aromatic rings. The van der Waals surface area contributed by atoms with Crippen molar-refractivity contribution in [2.24, 2.45) is 11.8 Å². The summed E-state index contributed by atoms with van der Waals surface area (Å²) in [5.41, 5.74) is -0.896. The highest BCUT2D eigenvalue weighted by atomic mass is 16.6. The van der Waals surface area contributed by atoms with Crippen LogP contribution < -0.4 is 0 Å². The van der Waals surface area contributed by atoms with Crippen LogP contribution in [0.25, 0.3) is 0 Å². The molecule has 36 heavy (non-hydrogen) atoms. The van der Waals surface area contributed by atoms with Crippen molar-refractivity contribution in [1.29, 1.82) is 0 Å². The van der Waals surface area contributed by atoms with Crippen molar-refractivity contribution in [1.82, 2.24) is 4.90 Å². The van der Waals surface area contributed by atoms with Crippen LogP contribution in [0.1, 0.15) is 53.5 Å². The zero-order valence-electron chi connectivity index (χ0n) is 22.2. The molecule has 0 saturated carbocycles. The number of ketones is 1. The number of esters is 2. The van der Waals surface area contributed by atoms with Crippen LogP contribution in [-0.4, -0.2) is 72.6 Å².